The number of halogens is 3. The molecule has 0 aromatic rings. The molecule has 0 radical (unpaired) electrons. The molecule has 0 aromatic heterocycles. The lowest BCUT2D eigenvalue weighted by Gasteiger charge is -2.35. The lowest BCUT2D eigenvalue weighted by molar-refractivity contribution is -0.174. The van der Waals surface area contributed by atoms with Gasteiger partial charge in [0.05, 0.1) is 12.6 Å². The molecule has 23 heavy (non-hydrogen) atoms. The summed E-state index contributed by atoms with van der Waals surface area (Å²) < 4.78 is 45.3. The molecule has 6 nitrogen and oxygen atoms in total. The molecule has 1 fully saturated rings. The molecule has 1 unspecified atom stereocenters. The second kappa shape index (κ2) is 9.94. The van der Waals surface area contributed by atoms with Crippen LogP contribution in [-0.4, -0.2) is 87.7 Å². The molecule has 0 bridgehead atoms. The van der Waals surface area contributed by atoms with Crippen LogP contribution in [0.4, 0.5) is 18.0 Å². The summed E-state index contributed by atoms with van der Waals surface area (Å²) in [6, 6.07) is -0.154. The zero-order valence-corrected chi connectivity index (χ0v) is 13.7. The van der Waals surface area contributed by atoms with E-state index in [9.17, 15) is 18.0 Å². The van der Waals surface area contributed by atoms with E-state index in [1.807, 2.05) is 6.92 Å². The van der Waals surface area contributed by atoms with Crippen molar-refractivity contribution in [1.29, 1.82) is 0 Å². The minimum Gasteiger partial charge on any atom is -0.383 e. The number of alkyl halides is 3. The van der Waals surface area contributed by atoms with Crippen molar-refractivity contribution in [1.82, 2.24) is 15.1 Å². The minimum atomic E-state index is -4.26. The van der Waals surface area contributed by atoms with Crippen LogP contribution in [0.1, 0.15) is 13.3 Å². The van der Waals surface area contributed by atoms with E-state index in [1.54, 1.807) is 12.0 Å². The van der Waals surface area contributed by atoms with E-state index in [2.05, 4.69) is 15.0 Å². The summed E-state index contributed by atoms with van der Waals surface area (Å²) in [6.45, 7) is 4.55. The molecule has 9 heteroatoms. The van der Waals surface area contributed by atoms with Crippen molar-refractivity contribution >= 4 is 6.03 Å². The highest BCUT2D eigenvalue weighted by Gasteiger charge is 2.27. The molecular formula is C14H26F3N3O3. The van der Waals surface area contributed by atoms with Gasteiger partial charge >= 0.3 is 12.2 Å². The first kappa shape index (κ1) is 20.0. The molecule has 0 saturated carbocycles. The summed E-state index contributed by atoms with van der Waals surface area (Å²) in [5, 5.41) is 2.86. The lowest BCUT2D eigenvalue weighted by Crippen LogP contribution is -2.53. The molecule has 1 rings (SSSR count). The molecule has 1 heterocycles. The number of rotatable bonds is 8. The average molecular weight is 341 g/mol. The van der Waals surface area contributed by atoms with Gasteiger partial charge in [0.25, 0.3) is 0 Å². The molecule has 1 aliphatic rings. The largest absolute Gasteiger partial charge is 0.411 e. The highest BCUT2D eigenvalue weighted by molar-refractivity contribution is 5.74. The van der Waals surface area contributed by atoms with Crippen LogP contribution in [0, 0.1) is 0 Å². The molecule has 0 aliphatic carbocycles. The van der Waals surface area contributed by atoms with Gasteiger partial charge in [-0.1, -0.05) is 0 Å². The zero-order chi connectivity index (χ0) is 17.3. The van der Waals surface area contributed by atoms with Crippen molar-refractivity contribution < 1.29 is 27.4 Å². The lowest BCUT2D eigenvalue weighted by atomic mass is 10.3. The van der Waals surface area contributed by atoms with E-state index in [0.29, 0.717) is 45.8 Å². The van der Waals surface area contributed by atoms with E-state index in [-0.39, 0.29) is 18.7 Å². The molecular weight excluding hydrogens is 315 g/mol. The standard InChI is InChI=1S/C14H26F3N3O3/c1-12(10-22-2)18-13(21)20-7-5-19(6-8-20)4-3-9-23-11-14(15,16)17/h12H,3-11H2,1-2H3,(H,18,21). The maximum absolute atomic E-state index is 12.0. The van der Waals surface area contributed by atoms with Crippen LogP contribution in [0.3, 0.4) is 0 Å². The number of nitrogens with one attached hydrogen (secondary N) is 1. The van der Waals surface area contributed by atoms with Gasteiger partial charge in [0.1, 0.15) is 6.61 Å². The fourth-order valence-electron chi connectivity index (χ4n) is 2.35. The second-order valence-electron chi connectivity index (χ2n) is 5.66. The smallest absolute Gasteiger partial charge is 0.383 e. The third-order valence-corrected chi connectivity index (χ3v) is 3.47. The van der Waals surface area contributed by atoms with Crippen LogP contribution in [0.5, 0.6) is 0 Å². The van der Waals surface area contributed by atoms with Gasteiger partial charge in [0.15, 0.2) is 0 Å². The van der Waals surface area contributed by atoms with Crippen LogP contribution >= 0.6 is 0 Å². The average Bonchev–Trinajstić information content (AvgIpc) is 2.46. The number of urea groups is 1. The Bertz CT molecular complexity index is 348. The summed E-state index contributed by atoms with van der Waals surface area (Å²) >= 11 is 0. The molecule has 1 aliphatic heterocycles. The maximum Gasteiger partial charge on any atom is 0.411 e. The Hall–Kier alpha value is -1.06. The van der Waals surface area contributed by atoms with Crippen molar-refractivity contribution in [3.63, 3.8) is 0 Å². The summed E-state index contributed by atoms with van der Waals surface area (Å²) in [6.07, 6.45) is -3.72. The number of carbonyl (C=O) groups is 1. The van der Waals surface area contributed by atoms with Crippen LogP contribution in [0.15, 0.2) is 0 Å². The first-order valence-electron chi connectivity index (χ1n) is 7.73. The van der Waals surface area contributed by atoms with Crippen molar-refractivity contribution in [2.45, 2.75) is 25.6 Å². The van der Waals surface area contributed by atoms with Gasteiger partial charge in [0, 0.05) is 46.4 Å². The molecule has 0 aromatic carbocycles. The fraction of sp³-hybridized carbons (Fsp3) is 0.929. The van der Waals surface area contributed by atoms with Gasteiger partial charge in [-0.15, -0.1) is 0 Å². The van der Waals surface area contributed by atoms with E-state index in [4.69, 9.17) is 4.74 Å². The molecule has 2 amide bonds. The Labute approximate surface area is 134 Å². The quantitative estimate of drug-likeness (QED) is 0.677. The highest BCUT2D eigenvalue weighted by atomic mass is 19.4. The maximum atomic E-state index is 12.0. The number of methoxy groups -OCH3 is 1. The van der Waals surface area contributed by atoms with Crippen LogP contribution < -0.4 is 5.32 Å². The highest BCUT2D eigenvalue weighted by Crippen LogP contribution is 2.14. The first-order chi connectivity index (χ1) is 10.8. The van der Waals surface area contributed by atoms with Gasteiger partial charge in [-0.05, 0) is 13.3 Å². The summed E-state index contributed by atoms with van der Waals surface area (Å²) in [7, 11) is 1.58. The molecule has 1 N–H and O–H groups in total. The number of nitrogens with zero attached hydrogens (tertiary/aromatic N) is 2. The van der Waals surface area contributed by atoms with Crippen molar-refractivity contribution in [2.24, 2.45) is 0 Å². The zero-order valence-electron chi connectivity index (χ0n) is 13.7. The van der Waals surface area contributed by atoms with Crippen molar-refractivity contribution in [3.8, 4) is 0 Å². The summed E-state index contributed by atoms with van der Waals surface area (Å²) in [5.41, 5.74) is 0. The van der Waals surface area contributed by atoms with Gasteiger partial charge in [-0.3, -0.25) is 4.90 Å². The first-order valence-corrected chi connectivity index (χ1v) is 7.73. The SMILES string of the molecule is COCC(C)NC(=O)N1CCN(CCCOCC(F)(F)F)CC1. The monoisotopic (exact) mass is 341 g/mol. The summed E-state index contributed by atoms with van der Waals surface area (Å²) in [4.78, 5) is 15.9. The van der Waals surface area contributed by atoms with E-state index in [1.165, 1.54) is 0 Å². The van der Waals surface area contributed by atoms with E-state index in [0.717, 1.165) is 0 Å². The third kappa shape index (κ3) is 8.97. The Morgan fingerprint density at radius 2 is 1.91 bits per heavy atom. The Morgan fingerprint density at radius 1 is 1.26 bits per heavy atom. The number of ether oxygens (including phenoxy) is 2. The number of hydrogen-bond donors (Lipinski definition) is 1. The van der Waals surface area contributed by atoms with Crippen molar-refractivity contribution in [3.05, 3.63) is 0 Å². The predicted molar refractivity (Wildman–Crippen MR) is 79.4 cm³/mol. The Balaban J connectivity index is 2.12. The third-order valence-electron chi connectivity index (χ3n) is 3.47. The predicted octanol–water partition coefficient (Wildman–Crippen LogP) is 1.32. The van der Waals surface area contributed by atoms with Gasteiger partial charge < -0.3 is 19.7 Å². The van der Waals surface area contributed by atoms with Crippen LogP contribution in [0.25, 0.3) is 0 Å². The topological polar surface area (TPSA) is 54.0 Å². The Kier molecular flexibility index (Phi) is 8.64. The van der Waals surface area contributed by atoms with E-state index < -0.39 is 12.8 Å². The number of amides is 2. The molecule has 136 valence electrons. The normalized spacial score (nSPS) is 18.0. The van der Waals surface area contributed by atoms with Gasteiger partial charge in [-0.25, -0.2) is 4.79 Å². The number of hydrogen-bond acceptors (Lipinski definition) is 4. The second-order valence-corrected chi connectivity index (χ2v) is 5.66. The minimum absolute atomic E-state index is 0.0451. The number of piperazine rings is 1. The van der Waals surface area contributed by atoms with Gasteiger partial charge in [-0.2, -0.15) is 13.2 Å². The van der Waals surface area contributed by atoms with Crippen molar-refractivity contribution in [2.75, 3.05) is 59.7 Å². The van der Waals surface area contributed by atoms with E-state index >= 15 is 0 Å². The molecule has 0 spiro atoms. The number of carbonyl (C=O) groups excluding carboxylic acids is 1. The molecule has 1 atom stereocenters. The van der Waals surface area contributed by atoms with Crippen LogP contribution in [0.2, 0.25) is 0 Å². The van der Waals surface area contributed by atoms with Crippen LogP contribution in [-0.2, 0) is 9.47 Å². The fourth-order valence-corrected chi connectivity index (χ4v) is 2.35. The van der Waals surface area contributed by atoms with Gasteiger partial charge in [0.2, 0.25) is 0 Å². The summed E-state index contributed by atoms with van der Waals surface area (Å²) in [5.74, 6) is 0. The Morgan fingerprint density at radius 3 is 2.48 bits per heavy atom. The molecule has 1 saturated heterocycles.